The molecule has 2 rings (SSSR count). The van der Waals surface area contributed by atoms with Gasteiger partial charge in [0.05, 0.1) is 4.90 Å². The van der Waals surface area contributed by atoms with Gasteiger partial charge in [0.1, 0.15) is 10.9 Å². The number of carbonyl (C=O) groups excluding carboxylic acids is 1. The number of hydrogen-bond acceptors (Lipinski definition) is 6. The van der Waals surface area contributed by atoms with Gasteiger partial charge in [0, 0.05) is 11.1 Å². The zero-order valence-electron chi connectivity index (χ0n) is 13.2. The standard InChI is InChI=1S/C13H15BN2O7S2/c1-7(13(17)16-14)15-9-2-3-11-8(4-9)5-10(24(18,19)20)6-12(11)25(21,22)23/h2-7,15H,14H2,1H3,(H,16,17)(H,18,19,20)(H,21,22,23). The fourth-order valence-electron chi connectivity index (χ4n) is 2.29. The monoisotopic (exact) mass is 386 g/mol. The van der Waals surface area contributed by atoms with Crippen LogP contribution in [0.3, 0.4) is 0 Å². The zero-order valence-corrected chi connectivity index (χ0v) is 14.8. The lowest BCUT2D eigenvalue weighted by Crippen LogP contribution is -2.35. The number of hydrogen-bond donors (Lipinski definition) is 4. The molecule has 25 heavy (non-hydrogen) atoms. The summed E-state index contributed by atoms with van der Waals surface area (Å²) in [6.07, 6.45) is 0. The lowest BCUT2D eigenvalue weighted by molar-refractivity contribution is -0.119. The number of anilines is 1. The van der Waals surface area contributed by atoms with E-state index in [2.05, 4.69) is 10.5 Å². The van der Waals surface area contributed by atoms with Crippen molar-refractivity contribution in [2.75, 3.05) is 5.32 Å². The van der Waals surface area contributed by atoms with Gasteiger partial charge in [-0.15, -0.1) is 0 Å². The van der Waals surface area contributed by atoms with Gasteiger partial charge in [-0.25, -0.2) is 0 Å². The van der Waals surface area contributed by atoms with Crippen LogP contribution in [0, 0.1) is 0 Å². The van der Waals surface area contributed by atoms with Gasteiger partial charge < -0.3 is 10.5 Å². The van der Waals surface area contributed by atoms with Crippen LogP contribution in [0.4, 0.5) is 5.69 Å². The van der Waals surface area contributed by atoms with Crippen molar-refractivity contribution in [3.05, 3.63) is 30.3 Å². The number of rotatable bonds is 5. The lowest BCUT2D eigenvalue weighted by Gasteiger charge is -2.15. The van der Waals surface area contributed by atoms with Gasteiger partial charge in [-0.1, -0.05) is 6.07 Å². The molecule has 0 aromatic heterocycles. The van der Waals surface area contributed by atoms with Gasteiger partial charge in [-0.05, 0) is 36.6 Å². The number of fused-ring (bicyclic) bond motifs is 1. The average molecular weight is 386 g/mol. The van der Waals surface area contributed by atoms with Crippen LogP contribution in [-0.2, 0) is 25.0 Å². The Morgan fingerprint density at radius 2 is 1.72 bits per heavy atom. The zero-order chi connectivity index (χ0) is 19.0. The summed E-state index contributed by atoms with van der Waals surface area (Å²) in [7, 11) is -7.95. The predicted molar refractivity (Wildman–Crippen MR) is 93.3 cm³/mol. The smallest absolute Gasteiger partial charge is 0.295 e. The van der Waals surface area contributed by atoms with Crippen molar-refractivity contribution >= 4 is 50.6 Å². The predicted octanol–water partition coefficient (Wildman–Crippen LogP) is -0.202. The van der Waals surface area contributed by atoms with Crippen molar-refractivity contribution in [2.24, 2.45) is 0 Å². The third kappa shape index (κ3) is 4.28. The minimum absolute atomic E-state index is 0.0630. The van der Waals surface area contributed by atoms with Crippen LogP contribution in [0.5, 0.6) is 0 Å². The topological polar surface area (TPSA) is 150 Å². The number of amides is 1. The Hall–Kier alpha value is -2.15. The van der Waals surface area contributed by atoms with Crippen LogP contribution in [-0.4, -0.2) is 45.9 Å². The molecule has 12 heteroatoms. The molecule has 0 saturated carbocycles. The van der Waals surface area contributed by atoms with E-state index in [9.17, 15) is 30.7 Å². The van der Waals surface area contributed by atoms with Crippen molar-refractivity contribution in [3.8, 4) is 0 Å². The van der Waals surface area contributed by atoms with Crippen molar-refractivity contribution in [3.63, 3.8) is 0 Å². The summed E-state index contributed by atoms with van der Waals surface area (Å²) >= 11 is 0. The molecular weight excluding hydrogens is 371 g/mol. The highest BCUT2D eigenvalue weighted by atomic mass is 32.2. The van der Waals surface area contributed by atoms with E-state index in [0.717, 1.165) is 6.07 Å². The highest BCUT2D eigenvalue weighted by Gasteiger charge is 2.21. The van der Waals surface area contributed by atoms with E-state index in [0.29, 0.717) is 11.8 Å². The van der Waals surface area contributed by atoms with E-state index in [-0.39, 0.29) is 16.7 Å². The van der Waals surface area contributed by atoms with Crippen LogP contribution < -0.4 is 10.5 Å². The van der Waals surface area contributed by atoms with E-state index in [1.807, 2.05) is 0 Å². The number of nitrogens with one attached hydrogen (secondary N) is 2. The first-order chi connectivity index (χ1) is 11.4. The second kappa shape index (κ2) is 6.63. The Balaban J connectivity index is 2.67. The molecule has 0 aliphatic carbocycles. The molecule has 4 N–H and O–H groups in total. The Kier molecular flexibility index (Phi) is 5.09. The first kappa shape index (κ1) is 19.2. The first-order valence-corrected chi connectivity index (χ1v) is 9.82. The molecule has 1 unspecified atom stereocenters. The largest absolute Gasteiger partial charge is 0.404 e. The van der Waals surface area contributed by atoms with E-state index >= 15 is 0 Å². The summed E-state index contributed by atoms with van der Waals surface area (Å²) < 4.78 is 64.3. The number of benzene rings is 2. The van der Waals surface area contributed by atoms with E-state index in [4.69, 9.17) is 0 Å². The molecule has 0 bridgehead atoms. The van der Waals surface area contributed by atoms with Crippen LogP contribution in [0.25, 0.3) is 10.8 Å². The molecular formula is C13H15BN2O7S2. The van der Waals surface area contributed by atoms with Gasteiger partial charge in [0.15, 0.2) is 0 Å². The van der Waals surface area contributed by atoms with E-state index in [1.54, 1.807) is 6.92 Å². The number of carbonyl (C=O) groups is 1. The Labute approximate surface area is 145 Å². The summed E-state index contributed by atoms with van der Waals surface area (Å²) in [5.41, 5.74) is 0.414. The second-order valence-corrected chi connectivity index (χ2v) is 8.10. The average Bonchev–Trinajstić information content (AvgIpc) is 2.50. The molecule has 0 aliphatic rings. The van der Waals surface area contributed by atoms with Crippen LogP contribution >= 0.6 is 0 Å². The Bertz CT molecular complexity index is 1050. The molecule has 0 fully saturated rings. The molecule has 2 aromatic rings. The normalized spacial score (nSPS) is 13.4. The molecule has 9 nitrogen and oxygen atoms in total. The maximum atomic E-state index is 11.6. The third-order valence-electron chi connectivity index (χ3n) is 3.49. The van der Waals surface area contributed by atoms with Crippen molar-refractivity contribution in [2.45, 2.75) is 22.8 Å². The minimum Gasteiger partial charge on any atom is -0.404 e. The summed E-state index contributed by atoms with van der Waals surface area (Å²) in [4.78, 5) is 10.2. The van der Waals surface area contributed by atoms with E-state index < -0.39 is 36.1 Å². The molecule has 0 heterocycles. The summed E-state index contributed by atoms with van der Waals surface area (Å²) in [5, 5.41) is 5.52. The molecule has 1 amide bonds. The molecule has 1 atom stereocenters. The highest BCUT2D eigenvalue weighted by molar-refractivity contribution is 7.86. The van der Waals surface area contributed by atoms with Crippen molar-refractivity contribution < 1.29 is 30.7 Å². The minimum atomic E-state index is -4.73. The lowest BCUT2D eigenvalue weighted by atomic mass is 10.1. The Morgan fingerprint density at radius 1 is 1.08 bits per heavy atom. The van der Waals surface area contributed by atoms with Crippen LogP contribution in [0.15, 0.2) is 40.1 Å². The summed E-state index contributed by atoms with van der Waals surface area (Å²) in [6, 6.07) is 5.36. The van der Waals surface area contributed by atoms with Gasteiger partial charge in [-0.3, -0.25) is 13.9 Å². The van der Waals surface area contributed by atoms with Gasteiger partial charge in [0.25, 0.3) is 20.2 Å². The molecule has 0 aliphatic heterocycles. The van der Waals surface area contributed by atoms with Gasteiger partial charge in [-0.2, -0.15) is 16.8 Å². The molecule has 0 saturated heterocycles. The van der Waals surface area contributed by atoms with Crippen molar-refractivity contribution in [1.82, 2.24) is 5.23 Å². The maximum absolute atomic E-state index is 11.6. The fourth-order valence-corrected chi connectivity index (χ4v) is 3.65. The van der Waals surface area contributed by atoms with Crippen molar-refractivity contribution in [1.29, 1.82) is 0 Å². The fraction of sp³-hybridized carbons (Fsp3) is 0.154. The molecule has 0 spiro atoms. The molecule has 2 aromatic carbocycles. The maximum Gasteiger partial charge on any atom is 0.295 e. The van der Waals surface area contributed by atoms with E-state index in [1.165, 1.54) is 26.2 Å². The first-order valence-electron chi connectivity index (χ1n) is 6.94. The van der Waals surface area contributed by atoms with Gasteiger partial charge >= 0.3 is 0 Å². The summed E-state index contributed by atoms with van der Waals surface area (Å²) in [5.74, 6) is -0.287. The highest BCUT2D eigenvalue weighted by Crippen LogP contribution is 2.29. The quantitative estimate of drug-likeness (QED) is 0.408. The van der Waals surface area contributed by atoms with Crippen LogP contribution in [0.2, 0.25) is 0 Å². The molecule has 0 radical (unpaired) electrons. The Morgan fingerprint density at radius 3 is 2.24 bits per heavy atom. The summed E-state index contributed by atoms with van der Waals surface area (Å²) in [6.45, 7) is 1.60. The third-order valence-corrected chi connectivity index (χ3v) is 5.21. The molecule has 134 valence electrons. The second-order valence-electron chi connectivity index (χ2n) is 5.29. The van der Waals surface area contributed by atoms with Crippen LogP contribution in [0.1, 0.15) is 6.92 Å². The SMILES string of the molecule is BNC(=O)C(C)Nc1ccc2c(S(=O)(=O)O)cc(S(=O)(=O)O)cc2c1. The van der Waals surface area contributed by atoms with Gasteiger partial charge in [0.2, 0.25) is 13.9 Å².